The molecule has 4 heterocycles. The predicted octanol–water partition coefficient (Wildman–Crippen LogP) is 4.25. The van der Waals surface area contributed by atoms with Crippen molar-refractivity contribution in [1.29, 1.82) is 5.26 Å². The summed E-state index contributed by atoms with van der Waals surface area (Å²) in [6, 6.07) is 10.7. The van der Waals surface area contributed by atoms with Crippen LogP contribution in [0.2, 0.25) is 0 Å². The molecule has 2 aliphatic rings. The highest BCUT2D eigenvalue weighted by atomic mass is 19.4. The third-order valence-corrected chi connectivity index (χ3v) is 7.29. The van der Waals surface area contributed by atoms with E-state index in [-0.39, 0.29) is 35.1 Å². The first-order valence-electron chi connectivity index (χ1n) is 11.9. The van der Waals surface area contributed by atoms with Gasteiger partial charge in [0.1, 0.15) is 29.6 Å². The number of nitrogens with zero attached hydrogens (tertiary/aromatic N) is 5. The van der Waals surface area contributed by atoms with E-state index in [1.54, 1.807) is 31.3 Å². The van der Waals surface area contributed by atoms with Gasteiger partial charge in [-0.15, -0.1) is 0 Å². The van der Waals surface area contributed by atoms with Gasteiger partial charge in [-0.1, -0.05) is 19.1 Å². The largest absolute Gasteiger partial charge is 0.484 e. The van der Waals surface area contributed by atoms with Gasteiger partial charge >= 0.3 is 6.18 Å². The average molecular weight is 498 g/mol. The van der Waals surface area contributed by atoms with Gasteiger partial charge in [-0.2, -0.15) is 18.4 Å². The Labute approximate surface area is 206 Å². The van der Waals surface area contributed by atoms with Crippen molar-refractivity contribution in [3.8, 4) is 11.8 Å². The molecule has 5 rings (SSSR count). The van der Waals surface area contributed by atoms with Gasteiger partial charge in [-0.3, -0.25) is 9.69 Å². The summed E-state index contributed by atoms with van der Waals surface area (Å²) in [7, 11) is 1.66. The molecule has 0 amide bonds. The van der Waals surface area contributed by atoms with Crippen molar-refractivity contribution in [2.75, 3.05) is 24.6 Å². The van der Waals surface area contributed by atoms with E-state index in [2.05, 4.69) is 27.8 Å². The number of ether oxygens (including phenoxy) is 1. The number of hydrogen-bond donors (Lipinski definition) is 0. The van der Waals surface area contributed by atoms with Crippen molar-refractivity contribution in [2.24, 2.45) is 7.05 Å². The molecule has 10 heteroatoms. The number of rotatable bonds is 3. The third-order valence-electron chi connectivity index (χ3n) is 7.29. The molecule has 3 aromatic rings. The molecule has 7 nitrogen and oxygen atoms in total. The SMILES string of the molecule is CC[C@H](c1ccc(C(F)(F)F)cc1)N1C[C@H]2COc3c(c4nc(C#N)ccc4n(C)c3=O)N2C[C@H]1C. The first kappa shape index (κ1) is 24.1. The highest BCUT2D eigenvalue weighted by molar-refractivity contribution is 5.93. The highest BCUT2D eigenvalue weighted by Crippen LogP contribution is 2.41. The fraction of sp³-hybridized carbons (Fsp3) is 0.423. The van der Waals surface area contributed by atoms with Gasteiger partial charge in [-0.25, -0.2) is 4.98 Å². The summed E-state index contributed by atoms with van der Waals surface area (Å²) in [5.74, 6) is 0.235. The zero-order valence-corrected chi connectivity index (χ0v) is 20.2. The zero-order valence-electron chi connectivity index (χ0n) is 20.2. The van der Waals surface area contributed by atoms with E-state index in [1.807, 2.05) is 6.92 Å². The Bertz CT molecular complexity index is 1410. The lowest BCUT2D eigenvalue weighted by Gasteiger charge is -2.51. The predicted molar refractivity (Wildman–Crippen MR) is 129 cm³/mol. The van der Waals surface area contributed by atoms with Crippen LogP contribution >= 0.6 is 0 Å². The maximum Gasteiger partial charge on any atom is 0.416 e. The van der Waals surface area contributed by atoms with E-state index in [0.717, 1.165) is 24.1 Å². The Morgan fingerprint density at radius 2 is 1.92 bits per heavy atom. The van der Waals surface area contributed by atoms with Crippen LogP contribution in [0.25, 0.3) is 11.0 Å². The minimum Gasteiger partial charge on any atom is -0.484 e. The summed E-state index contributed by atoms with van der Waals surface area (Å²) in [6.07, 6.45) is -3.64. The molecule has 2 aromatic heterocycles. The molecule has 0 radical (unpaired) electrons. The molecule has 0 saturated carbocycles. The smallest absolute Gasteiger partial charge is 0.416 e. The Hall–Kier alpha value is -3.58. The number of anilines is 1. The van der Waals surface area contributed by atoms with E-state index < -0.39 is 11.7 Å². The molecule has 1 fully saturated rings. The van der Waals surface area contributed by atoms with E-state index in [4.69, 9.17) is 4.74 Å². The first-order chi connectivity index (χ1) is 17.1. The van der Waals surface area contributed by atoms with Gasteiger partial charge in [0.05, 0.1) is 17.1 Å². The maximum absolute atomic E-state index is 13.1. The van der Waals surface area contributed by atoms with Crippen molar-refractivity contribution in [3.05, 3.63) is 63.6 Å². The number of piperazine rings is 1. The molecule has 0 N–H and O–H groups in total. The van der Waals surface area contributed by atoms with Crippen molar-refractivity contribution in [2.45, 2.75) is 44.6 Å². The van der Waals surface area contributed by atoms with Crippen molar-refractivity contribution >= 4 is 16.7 Å². The average Bonchev–Trinajstić information content (AvgIpc) is 2.87. The fourth-order valence-electron chi connectivity index (χ4n) is 5.47. The Morgan fingerprint density at radius 1 is 1.19 bits per heavy atom. The van der Waals surface area contributed by atoms with Crippen LogP contribution in [-0.4, -0.2) is 46.2 Å². The van der Waals surface area contributed by atoms with Gasteiger partial charge < -0.3 is 14.2 Å². The van der Waals surface area contributed by atoms with Gasteiger partial charge in [0.15, 0.2) is 0 Å². The van der Waals surface area contributed by atoms with Crippen LogP contribution in [0, 0.1) is 11.3 Å². The van der Waals surface area contributed by atoms with Gasteiger partial charge in [0.2, 0.25) is 5.75 Å². The second-order valence-corrected chi connectivity index (χ2v) is 9.42. The molecular formula is C26H26F3N5O2. The molecule has 2 aliphatic heterocycles. The Balaban J connectivity index is 1.51. The normalized spacial score (nSPS) is 20.9. The topological polar surface area (TPSA) is 74.4 Å². The number of pyridine rings is 2. The lowest BCUT2D eigenvalue weighted by molar-refractivity contribution is -0.137. The van der Waals surface area contributed by atoms with E-state index in [1.165, 1.54) is 4.57 Å². The molecule has 36 heavy (non-hydrogen) atoms. The number of alkyl halides is 3. The summed E-state index contributed by atoms with van der Waals surface area (Å²) in [6.45, 7) is 5.60. The van der Waals surface area contributed by atoms with Crippen molar-refractivity contribution in [3.63, 3.8) is 0 Å². The summed E-state index contributed by atoms with van der Waals surface area (Å²) >= 11 is 0. The van der Waals surface area contributed by atoms with Gasteiger partial charge in [-0.05, 0) is 43.2 Å². The number of nitriles is 1. The minimum atomic E-state index is -4.37. The van der Waals surface area contributed by atoms with Crippen LogP contribution in [-0.2, 0) is 13.2 Å². The van der Waals surface area contributed by atoms with Crippen LogP contribution < -0.4 is 15.2 Å². The molecule has 0 unspecified atom stereocenters. The minimum absolute atomic E-state index is 0.0395. The summed E-state index contributed by atoms with van der Waals surface area (Å²) in [4.78, 5) is 22.0. The van der Waals surface area contributed by atoms with Crippen LogP contribution in [0.1, 0.15) is 43.1 Å². The molecule has 0 spiro atoms. The molecule has 188 valence electrons. The van der Waals surface area contributed by atoms with Gasteiger partial charge in [0.25, 0.3) is 5.56 Å². The standard InChI is InChI=1S/C26H26F3N5O2/c1-4-20(16-5-7-17(8-6-16)26(27,28)29)33-13-19-14-36-24-23(34(19)12-15(33)2)22-21(32(3)25(24)35)10-9-18(11-30)31-22/h5-10,15,19-20H,4,12-14H2,1-3H3/t15-,19+,20-/m1/s1. The zero-order chi connectivity index (χ0) is 25.8. The number of halogens is 3. The molecule has 3 atom stereocenters. The highest BCUT2D eigenvalue weighted by Gasteiger charge is 2.41. The van der Waals surface area contributed by atoms with Crippen molar-refractivity contribution in [1.82, 2.24) is 14.5 Å². The Kier molecular flexibility index (Phi) is 5.91. The lowest BCUT2D eigenvalue weighted by Crippen LogP contribution is -2.61. The van der Waals surface area contributed by atoms with Crippen molar-refractivity contribution < 1.29 is 17.9 Å². The third kappa shape index (κ3) is 3.88. The van der Waals surface area contributed by atoms with Crippen LogP contribution in [0.4, 0.5) is 18.9 Å². The quantitative estimate of drug-likeness (QED) is 0.539. The van der Waals surface area contributed by atoms with Gasteiger partial charge in [0, 0.05) is 32.2 Å². The summed E-state index contributed by atoms with van der Waals surface area (Å²) < 4.78 is 46.7. The van der Waals surface area contributed by atoms with E-state index in [0.29, 0.717) is 36.4 Å². The molecule has 0 aliphatic carbocycles. The number of hydrogen-bond acceptors (Lipinski definition) is 6. The summed E-state index contributed by atoms with van der Waals surface area (Å²) in [5, 5.41) is 9.40. The number of benzene rings is 1. The second kappa shape index (κ2) is 8.82. The fourth-order valence-corrected chi connectivity index (χ4v) is 5.47. The number of fused-ring (bicyclic) bond motifs is 5. The van der Waals surface area contributed by atoms with Crippen LogP contribution in [0.3, 0.4) is 0 Å². The maximum atomic E-state index is 13.1. The number of aryl methyl sites for hydroxylation is 1. The Morgan fingerprint density at radius 3 is 2.56 bits per heavy atom. The molecule has 0 bridgehead atoms. The lowest BCUT2D eigenvalue weighted by atomic mass is 9.95. The monoisotopic (exact) mass is 497 g/mol. The van der Waals surface area contributed by atoms with Crippen LogP contribution in [0.15, 0.2) is 41.2 Å². The molecule has 1 aromatic carbocycles. The molecular weight excluding hydrogens is 471 g/mol. The van der Waals surface area contributed by atoms with E-state index in [9.17, 15) is 23.2 Å². The van der Waals surface area contributed by atoms with Crippen LogP contribution in [0.5, 0.6) is 5.75 Å². The second-order valence-electron chi connectivity index (χ2n) is 9.42. The summed E-state index contributed by atoms with van der Waals surface area (Å²) in [5.41, 5.74) is 1.95. The van der Waals surface area contributed by atoms with E-state index >= 15 is 0 Å². The molecule has 1 saturated heterocycles. The number of aromatic nitrogens is 2. The first-order valence-corrected chi connectivity index (χ1v) is 11.9.